The number of aromatic nitrogens is 2. The Labute approximate surface area is 153 Å². The molecule has 2 N–H and O–H groups in total. The van der Waals surface area contributed by atoms with Crippen LogP contribution in [0.15, 0.2) is 64.7 Å². The first kappa shape index (κ1) is 17.8. The number of benzene rings is 1. The molecule has 132 valence electrons. The van der Waals surface area contributed by atoms with Gasteiger partial charge in [-0.2, -0.15) is 0 Å². The molecule has 0 saturated carbocycles. The molecule has 6 nitrogen and oxygen atoms in total. The van der Waals surface area contributed by atoms with Crippen molar-refractivity contribution in [3.63, 3.8) is 0 Å². The molecule has 0 amide bonds. The van der Waals surface area contributed by atoms with Crippen LogP contribution in [0.5, 0.6) is 5.75 Å². The van der Waals surface area contributed by atoms with Gasteiger partial charge in [0.05, 0.1) is 5.03 Å². The van der Waals surface area contributed by atoms with Crippen molar-refractivity contribution in [2.24, 2.45) is 0 Å². The number of carbonyl (C=O) groups is 1. The zero-order valence-electron chi connectivity index (χ0n) is 13.9. The molecule has 0 radical (unpaired) electrons. The lowest BCUT2D eigenvalue weighted by atomic mass is 10.1. The number of aromatic carboxylic acids is 1. The Balaban J connectivity index is 2.08. The van der Waals surface area contributed by atoms with Crippen LogP contribution < -0.4 is 5.43 Å². The molecule has 0 aliphatic heterocycles. The fraction of sp³-hybridized carbons (Fsp3) is 0.105. The van der Waals surface area contributed by atoms with Gasteiger partial charge in [0.15, 0.2) is 5.43 Å². The van der Waals surface area contributed by atoms with Crippen LogP contribution in [-0.2, 0) is 5.75 Å². The molecule has 2 heterocycles. The number of aryl methyl sites for hydroxylation is 1. The highest BCUT2D eigenvalue weighted by molar-refractivity contribution is 7.98. The number of hydrogen-bond acceptors (Lipinski definition) is 5. The molecule has 0 unspecified atom stereocenters. The van der Waals surface area contributed by atoms with Gasteiger partial charge in [0.25, 0.3) is 0 Å². The lowest BCUT2D eigenvalue weighted by molar-refractivity contribution is 0.0694. The third-order valence-corrected chi connectivity index (χ3v) is 4.78. The minimum atomic E-state index is -1.27. The van der Waals surface area contributed by atoms with E-state index in [9.17, 15) is 19.8 Å². The Kier molecular flexibility index (Phi) is 5.09. The quantitative estimate of drug-likeness (QED) is 0.672. The number of carboxylic acids is 1. The van der Waals surface area contributed by atoms with E-state index < -0.39 is 11.4 Å². The fourth-order valence-electron chi connectivity index (χ4n) is 2.56. The van der Waals surface area contributed by atoms with E-state index in [-0.39, 0.29) is 11.3 Å². The van der Waals surface area contributed by atoms with Gasteiger partial charge in [-0.3, -0.25) is 4.79 Å². The van der Waals surface area contributed by atoms with Gasteiger partial charge in [0, 0.05) is 35.6 Å². The summed E-state index contributed by atoms with van der Waals surface area (Å²) < 4.78 is 1.68. The predicted molar refractivity (Wildman–Crippen MR) is 99.2 cm³/mol. The van der Waals surface area contributed by atoms with E-state index in [4.69, 9.17) is 0 Å². The molecule has 0 saturated heterocycles. The molecule has 0 fully saturated rings. The molecule has 0 atom stereocenters. The number of carboxylic acid groups (broad SMARTS) is 1. The van der Waals surface area contributed by atoms with Crippen LogP contribution >= 0.6 is 11.8 Å². The summed E-state index contributed by atoms with van der Waals surface area (Å²) in [6, 6.07) is 11.7. The maximum absolute atomic E-state index is 12.2. The Bertz CT molecular complexity index is 1020. The minimum absolute atomic E-state index is 0.121. The van der Waals surface area contributed by atoms with Crippen molar-refractivity contribution in [3.05, 3.63) is 81.9 Å². The number of nitrogens with zero attached hydrogens (tertiary/aromatic N) is 2. The standard InChI is InChI=1S/C19H16N2O4S/c1-12-8-14(22)5-6-16(12)21-10-15(19(24)25)17(23)9-13(21)11-26-18-4-2-3-7-20-18/h2-10,22H,11H2,1H3,(H,24,25). The molecule has 7 heteroatoms. The molecule has 2 aromatic heterocycles. The van der Waals surface area contributed by atoms with Gasteiger partial charge in [0.1, 0.15) is 11.3 Å². The summed E-state index contributed by atoms with van der Waals surface area (Å²) in [5, 5.41) is 19.7. The van der Waals surface area contributed by atoms with Crippen molar-refractivity contribution in [2.45, 2.75) is 17.7 Å². The predicted octanol–water partition coefficient (Wildman–Crippen LogP) is 3.24. The topological polar surface area (TPSA) is 92.4 Å². The number of pyridine rings is 2. The molecule has 26 heavy (non-hydrogen) atoms. The maximum Gasteiger partial charge on any atom is 0.341 e. The Hall–Kier alpha value is -3.06. The van der Waals surface area contributed by atoms with E-state index in [0.29, 0.717) is 17.1 Å². The van der Waals surface area contributed by atoms with Gasteiger partial charge in [-0.25, -0.2) is 9.78 Å². The highest BCUT2D eigenvalue weighted by Crippen LogP contribution is 2.25. The van der Waals surface area contributed by atoms with E-state index in [1.54, 1.807) is 22.9 Å². The van der Waals surface area contributed by atoms with E-state index in [2.05, 4.69) is 4.98 Å². The van der Waals surface area contributed by atoms with Gasteiger partial charge in [-0.1, -0.05) is 6.07 Å². The monoisotopic (exact) mass is 368 g/mol. The third-order valence-electron chi connectivity index (χ3n) is 3.81. The van der Waals surface area contributed by atoms with Crippen molar-refractivity contribution < 1.29 is 15.0 Å². The first-order chi connectivity index (χ1) is 12.5. The third kappa shape index (κ3) is 3.78. The van der Waals surface area contributed by atoms with Crippen LogP contribution in [-0.4, -0.2) is 25.7 Å². The average molecular weight is 368 g/mol. The Morgan fingerprint density at radius 3 is 2.69 bits per heavy atom. The zero-order chi connectivity index (χ0) is 18.7. The lowest BCUT2D eigenvalue weighted by Gasteiger charge is -2.16. The number of phenols is 1. The van der Waals surface area contributed by atoms with E-state index >= 15 is 0 Å². The summed E-state index contributed by atoms with van der Waals surface area (Å²) in [7, 11) is 0. The van der Waals surface area contributed by atoms with Crippen molar-refractivity contribution in [1.82, 2.24) is 9.55 Å². The smallest absolute Gasteiger partial charge is 0.341 e. The molecule has 3 aromatic rings. The van der Waals surface area contributed by atoms with Crippen molar-refractivity contribution in [2.75, 3.05) is 0 Å². The maximum atomic E-state index is 12.2. The van der Waals surface area contributed by atoms with E-state index in [1.807, 2.05) is 25.1 Å². The van der Waals surface area contributed by atoms with Gasteiger partial charge >= 0.3 is 5.97 Å². The second-order valence-electron chi connectivity index (χ2n) is 5.65. The lowest BCUT2D eigenvalue weighted by Crippen LogP contribution is -2.19. The highest BCUT2D eigenvalue weighted by atomic mass is 32.2. The Morgan fingerprint density at radius 2 is 2.04 bits per heavy atom. The highest BCUT2D eigenvalue weighted by Gasteiger charge is 2.15. The minimum Gasteiger partial charge on any atom is -0.508 e. The van der Waals surface area contributed by atoms with Crippen LogP contribution in [0, 0.1) is 6.92 Å². The molecule has 0 aliphatic carbocycles. The second-order valence-corrected chi connectivity index (χ2v) is 6.64. The summed E-state index contributed by atoms with van der Waals surface area (Å²) in [4.78, 5) is 27.8. The van der Waals surface area contributed by atoms with Crippen LogP contribution in [0.4, 0.5) is 0 Å². The summed E-state index contributed by atoms with van der Waals surface area (Å²) in [5.74, 6) is -0.716. The fourth-order valence-corrected chi connectivity index (χ4v) is 3.39. The number of phenolic OH excluding ortho intramolecular Hbond substituents is 1. The van der Waals surface area contributed by atoms with Crippen LogP contribution in [0.2, 0.25) is 0 Å². The zero-order valence-corrected chi connectivity index (χ0v) is 14.7. The van der Waals surface area contributed by atoms with Crippen molar-refractivity contribution in [3.8, 4) is 11.4 Å². The molecule has 0 bridgehead atoms. The molecule has 3 rings (SSSR count). The number of hydrogen-bond donors (Lipinski definition) is 2. The van der Waals surface area contributed by atoms with Gasteiger partial charge in [-0.05, 0) is 42.8 Å². The second kappa shape index (κ2) is 7.45. The molecular formula is C19H16N2O4S. The molecule has 0 spiro atoms. The largest absolute Gasteiger partial charge is 0.508 e. The van der Waals surface area contributed by atoms with Gasteiger partial charge in [-0.15, -0.1) is 11.8 Å². The van der Waals surface area contributed by atoms with Crippen LogP contribution in [0.3, 0.4) is 0 Å². The van der Waals surface area contributed by atoms with E-state index in [0.717, 1.165) is 10.6 Å². The first-order valence-corrected chi connectivity index (χ1v) is 8.77. The molecule has 1 aromatic carbocycles. The van der Waals surface area contributed by atoms with Crippen molar-refractivity contribution >= 4 is 17.7 Å². The summed E-state index contributed by atoms with van der Waals surface area (Å²) in [6.07, 6.45) is 3.02. The molecular weight excluding hydrogens is 352 g/mol. The Morgan fingerprint density at radius 1 is 1.23 bits per heavy atom. The number of rotatable bonds is 5. The van der Waals surface area contributed by atoms with Crippen LogP contribution in [0.1, 0.15) is 21.6 Å². The van der Waals surface area contributed by atoms with Gasteiger partial charge in [0.2, 0.25) is 0 Å². The van der Waals surface area contributed by atoms with Crippen molar-refractivity contribution in [1.29, 1.82) is 0 Å². The first-order valence-electron chi connectivity index (χ1n) is 7.78. The average Bonchev–Trinajstić information content (AvgIpc) is 2.61. The molecule has 0 aliphatic rings. The van der Waals surface area contributed by atoms with E-state index in [1.165, 1.54) is 30.1 Å². The summed E-state index contributed by atoms with van der Waals surface area (Å²) in [6.45, 7) is 1.81. The number of aromatic hydroxyl groups is 1. The summed E-state index contributed by atoms with van der Waals surface area (Å²) >= 11 is 1.45. The van der Waals surface area contributed by atoms with Crippen LogP contribution in [0.25, 0.3) is 5.69 Å². The normalized spacial score (nSPS) is 10.7. The summed E-state index contributed by atoms with van der Waals surface area (Å²) in [5.41, 5.74) is 1.26. The SMILES string of the molecule is Cc1cc(O)ccc1-n1cc(C(=O)O)c(=O)cc1CSc1ccccn1. The number of thioether (sulfide) groups is 1. The van der Waals surface area contributed by atoms with Gasteiger partial charge < -0.3 is 14.8 Å².